The number of ether oxygens (including phenoxy) is 2. The molecule has 2 rings (SSSR count). The maximum absolute atomic E-state index is 12.0. The minimum Gasteiger partial charge on any atom is -0.454 e. The Balaban J connectivity index is 1.94. The number of hydrogen-bond acceptors (Lipinski definition) is 4. The first kappa shape index (κ1) is 13.1. The summed E-state index contributed by atoms with van der Waals surface area (Å²) in [4.78, 5) is 12.0. The lowest BCUT2D eigenvalue weighted by Gasteiger charge is -2.08. The van der Waals surface area contributed by atoms with E-state index in [1.807, 2.05) is 0 Å². The fourth-order valence-electron chi connectivity index (χ4n) is 1.80. The predicted octanol–water partition coefficient (Wildman–Crippen LogP) is 1.53. The number of benzene rings is 1. The monoisotopic (exact) mass is 260 g/mol. The molecule has 0 bridgehead atoms. The first-order valence-corrected chi connectivity index (χ1v) is 6.13. The third kappa shape index (κ3) is 3.10. The van der Waals surface area contributed by atoms with E-state index in [0.29, 0.717) is 29.3 Å². The predicted molar refractivity (Wildman–Crippen MR) is 72.0 cm³/mol. The number of anilines is 1. The number of terminal acetylenes is 1. The van der Waals surface area contributed by atoms with Gasteiger partial charge in [0.1, 0.15) is 0 Å². The van der Waals surface area contributed by atoms with Crippen LogP contribution in [-0.2, 0) is 0 Å². The highest BCUT2D eigenvalue weighted by atomic mass is 16.7. The molecule has 0 aliphatic carbocycles. The van der Waals surface area contributed by atoms with Crippen LogP contribution in [0.3, 0.4) is 0 Å². The number of carbonyl (C=O) groups excluding carboxylic acids is 1. The van der Waals surface area contributed by atoms with Crippen molar-refractivity contribution in [1.29, 1.82) is 0 Å². The molecule has 0 aromatic heterocycles. The molecule has 1 aromatic rings. The molecular formula is C14H16N2O3. The van der Waals surface area contributed by atoms with Gasteiger partial charge in [-0.15, -0.1) is 12.3 Å². The van der Waals surface area contributed by atoms with Gasteiger partial charge in [-0.1, -0.05) is 0 Å². The van der Waals surface area contributed by atoms with Crippen molar-refractivity contribution < 1.29 is 14.3 Å². The van der Waals surface area contributed by atoms with Gasteiger partial charge in [-0.05, 0) is 18.9 Å². The highest BCUT2D eigenvalue weighted by Gasteiger charge is 2.19. The summed E-state index contributed by atoms with van der Waals surface area (Å²) in [5.41, 5.74) is 6.61. The minimum atomic E-state index is -0.212. The van der Waals surface area contributed by atoms with Gasteiger partial charge >= 0.3 is 0 Å². The molecule has 1 aromatic carbocycles. The Morgan fingerprint density at radius 3 is 2.84 bits per heavy atom. The molecule has 1 amide bonds. The number of hydrogen-bond donors (Lipinski definition) is 2. The van der Waals surface area contributed by atoms with Gasteiger partial charge in [0.15, 0.2) is 11.5 Å². The van der Waals surface area contributed by atoms with Gasteiger partial charge in [0.2, 0.25) is 6.79 Å². The number of carbonyl (C=O) groups is 1. The normalized spacial score (nSPS) is 11.9. The standard InChI is InChI=1S/C14H16N2O3/c1-2-3-4-5-6-16-14(17)10-7-12-13(8-11(10)15)19-9-18-12/h1,7-8H,3-6,9,15H2,(H,16,17). The number of unbranched alkanes of at least 4 members (excludes halogenated alkanes) is 2. The van der Waals surface area contributed by atoms with Crippen molar-refractivity contribution in [2.24, 2.45) is 0 Å². The topological polar surface area (TPSA) is 73.6 Å². The molecule has 100 valence electrons. The Bertz CT molecular complexity index is 520. The van der Waals surface area contributed by atoms with Crippen LogP contribution in [0.4, 0.5) is 5.69 Å². The first-order chi connectivity index (χ1) is 9.22. The number of rotatable bonds is 5. The van der Waals surface area contributed by atoms with E-state index in [-0.39, 0.29) is 12.7 Å². The van der Waals surface area contributed by atoms with Crippen LogP contribution in [0.2, 0.25) is 0 Å². The molecule has 0 spiro atoms. The highest BCUT2D eigenvalue weighted by Crippen LogP contribution is 2.35. The van der Waals surface area contributed by atoms with E-state index < -0.39 is 0 Å². The Labute approximate surface area is 112 Å². The Morgan fingerprint density at radius 1 is 1.37 bits per heavy atom. The maximum Gasteiger partial charge on any atom is 0.253 e. The summed E-state index contributed by atoms with van der Waals surface area (Å²) in [6.07, 6.45) is 7.62. The van der Waals surface area contributed by atoms with E-state index in [1.54, 1.807) is 12.1 Å². The van der Waals surface area contributed by atoms with Crippen LogP contribution >= 0.6 is 0 Å². The zero-order valence-corrected chi connectivity index (χ0v) is 10.6. The second-order valence-corrected chi connectivity index (χ2v) is 4.21. The number of nitrogens with one attached hydrogen (secondary N) is 1. The number of nitrogen functional groups attached to an aromatic ring is 1. The third-order valence-corrected chi connectivity index (χ3v) is 2.82. The van der Waals surface area contributed by atoms with E-state index in [1.165, 1.54) is 0 Å². The maximum atomic E-state index is 12.0. The van der Waals surface area contributed by atoms with E-state index in [9.17, 15) is 4.79 Å². The van der Waals surface area contributed by atoms with Crippen molar-refractivity contribution in [3.63, 3.8) is 0 Å². The smallest absolute Gasteiger partial charge is 0.253 e. The molecule has 0 unspecified atom stereocenters. The molecule has 3 N–H and O–H groups in total. The van der Waals surface area contributed by atoms with Crippen molar-refractivity contribution >= 4 is 11.6 Å². The SMILES string of the molecule is C#CCCCCNC(=O)c1cc2c(cc1N)OCO2. The van der Waals surface area contributed by atoms with Crippen LogP contribution in [0.25, 0.3) is 0 Å². The molecule has 5 heteroatoms. The van der Waals surface area contributed by atoms with Crippen molar-refractivity contribution in [2.75, 3.05) is 19.1 Å². The zero-order chi connectivity index (χ0) is 13.7. The van der Waals surface area contributed by atoms with Gasteiger partial charge in [0.05, 0.1) is 5.56 Å². The third-order valence-electron chi connectivity index (χ3n) is 2.82. The van der Waals surface area contributed by atoms with Crippen LogP contribution in [-0.4, -0.2) is 19.2 Å². The zero-order valence-electron chi connectivity index (χ0n) is 10.6. The van der Waals surface area contributed by atoms with Crippen molar-refractivity contribution in [1.82, 2.24) is 5.32 Å². The average molecular weight is 260 g/mol. The lowest BCUT2D eigenvalue weighted by Crippen LogP contribution is -2.25. The Kier molecular flexibility index (Phi) is 4.14. The summed E-state index contributed by atoms with van der Waals surface area (Å²) in [7, 11) is 0. The molecule has 0 saturated carbocycles. The van der Waals surface area contributed by atoms with E-state index in [4.69, 9.17) is 21.6 Å². The summed E-state index contributed by atoms with van der Waals surface area (Å²) in [6, 6.07) is 3.21. The van der Waals surface area contributed by atoms with Crippen LogP contribution in [0.1, 0.15) is 29.6 Å². The fraction of sp³-hybridized carbons (Fsp3) is 0.357. The summed E-state index contributed by atoms with van der Waals surface area (Å²) in [5, 5.41) is 2.81. The van der Waals surface area contributed by atoms with Crippen molar-refractivity contribution in [3.05, 3.63) is 17.7 Å². The lowest BCUT2D eigenvalue weighted by molar-refractivity contribution is 0.0953. The van der Waals surface area contributed by atoms with Gasteiger partial charge in [-0.3, -0.25) is 4.79 Å². The molecule has 5 nitrogen and oxygen atoms in total. The second kappa shape index (κ2) is 6.01. The second-order valence-electron chi connectivity index (χ2n) is 4.21. The van der Waals surface area contributed by atoms with Crippen molar-refractivity contribution in [2.45, 2.75) is 19.3 Å². The molecule has 19 heavy (non-hydrogen) atoms. The van der Waals surface area contributed by atoms with Gasteiger partial charge in [0, 0.05) is 24.7 Å². The average Bonchev–Trinajstić information content (AvgIpc) is 2.84. The van der Waals surface area contributed by atoms with E-state index in [0.717, 1.165) is 19.3 Å². The summed E-state index contributed by atoms with van der Waals surface area (Å²) >= 11 is 0. The van der Waals surface area contributed by atoms with Crippen LogP contribution in [0, 0.1) is 12.3 Å². The number of fused-ring (bicyclic) bond motifs is 1. The van der Waals surface area contributed by atoms with E-state index in [2.05, 4.69) is 11.2 Å². The number of nitrogens with two attached hydrogens (primary N) is 1. The van der Waals surface area contributed by atoms with Gasteiger partial charge in [0.25, 0.3) is 5.91 Å². The summed E-state index contributed by atoms with van der Waals surface area (Å²) in [5.74, 6) is 3.47. The fourth-order valence-corrected chi connectivity index (χ4v) is 1.80. The molecule has 0 atom stereocenters. The molecule has 1 aliphatic heterocycles. The lowest BCUT2D eigenvalue weighted by atomic mass is 10.1. The molecule has 1 heterocycles. The number of amides is 1. The Morgan fingerprint density at radius 2 is 2.11 bits per heavy atom. The molecule has 0 fully saturated rings. The van der Waals surface area contributed by atoms with Crippen LogP contribution in [0.5, 0.6) is 11.5 Å². The molecule has 0 saturated heterocycles. The molecule has 1 aliphatic rings. The molecular weight excluding hydrogens is 244 g/mol. The van der Waals surface area contributed by atoms with Gasteiger partial charge < -0.3 is 20.5 Å². The minimum absolute atomic E-state index is 0.159. The Hall–Kier alpha value is -2.35. The highest BCUT2D eigenvalue weighted by molar-refractivity contribution is 6.00. The summed E-state index contributed by atoms with van der Waals surface area (Å²) in [6.45, 7) is 0.736. The molecule has 0 radical (unpaired) electrons. The van der Waals surface area contributed by atoms with Crippen LogP contribution in [0.15, 0.2) is 12.1 Å². The van der Waals surface area contributed by atoms with E-state index >= 15 is 0 Å². The quantitative estimate of drug-likeness (QED) is 0.478. The first-order valence-electron chi connectivity index (χ1n) is 6.13. The largest absolute Gasteiger partial charge is 0.454 e. The van der Waals surface area contributed by atoms with Gasteiger partial charge in [-0.2, -0.15) is 0 Å². The van der Waals surface area contributed by atoms with Crippen molar-refractivity contribution in [3.8, 4) is 23.8 Å². The van der Waals surface area contributed by atoms with Crippen LogP contribution < -0.4 is 20.5 Å². The summed E-state index contributed by atoms with van der Waals surface area (Å²) < 4.78 is 10.4. The van der Waals surface area contributed by atoms with Gasteiger partial charge in [-0.25, -0.2) is 0 Å².